The molecule has 4 unspecified atom stereocenters. The molecule has 2 amide bonds. The smallest absolute Gasteiger partial charge is 0.226 e. The van der Waals surface area contributed by atoms with Gasteiger partial charge in [-0.25, -0.2) is 0 Å². The van der Waals surface area contributed by atoms with Gasteiger partial charge in [-0.05, 0) is 55.8 Å². The highest BCUT2D eigenvalue weighted by atomic mass is 16.2. The highest BCUT2D eigenvalue weighted by Crippen LogP contribution is 2.46. The summed E-state index contributed by atoms with van der Waals surface area (Å²) < 4.78 is 0. The Kier molecular flexibility index (Phi) is 9.44. The molecule has 1 saturated carbocycles. The molecule has 0 aromatic heterocycles. The summed E-state index contributed by atoms with van der Waals surface area (Å²) in [5.74, 6) is 0.376. The van der Waals surface area contributed by atoms with Crippen molar-refractivity contribution in [2.24, 2.45) is 21.7 Å². The molecule has 4 atom stereocenters. The van der Waals surface area contributed by atoms with Crippen LogP contribution in [0.4, 0.5) is 0 Å². The molecule has 30 heavy (non-hydrogen) atoms. The highest BCUT2D eigenvalue weighted by molar-refractivity contribution is 5.83. The van der Waals surface area contributed by atoms with Crippen LogP contribution in [0.1, 0.15) is 120 Å². The minimum atomic E-state index is -0.288. The predicted molar refractivity (Wildman–Crippen MR) is 127 cm³/mol. The Hall–Kier alpha value is -1.06. The van der Waals surface area contributed by atoms with Crippen molar-refractivity contribution in [1.29, 1.82) is 0 Å². The molecule has 0 radical (unpaired) electrons. The SMILES string of the molecule is CCCC(C)(CC)C(=O)NCC1(C)CC(NC(=O)C(C)(CC)CCC)CC(C)(C)C1. The molecule has 1 rings (SSSR count). The minimum Gasteiger partial charge on any atom is -0.355 e. The Bertz CT molecular complexity index is 588. The van der Waals surface area contributed by atoms with Crippen molar-refractivity contribution in [2.75, 3.05) is 6.54 Å². The standard InChI is InChI=1S/C26H50N2O2/c1-10-14-25(8,12-3)21(29)27-19-24(7)17-20(16-23(5,6)18-24)28-22(30)26(9,13-4)15-11-2/h20H,10-19H2,1-9H3,(H,27,29)(H,28,30). The first kappa shape index (κ1) is 27.0. The number of carbonyl (C=O) groups excluding carboxylic acids is 2. The second-order valence-corrected chi connectivity index (χ2v) is 11.7. The Morgan fingerprint density at radius 2 is 1.37 bits per heavy atom. The third kappa shape index (κ3) is 6.99. The van der Waals surface area contributed by atoms with Crippen LogP contribution in [0.15, 0.2) is 0 Å². The predicted octanol–water partition coefficient (Wildman–Crippen LogP) is 6.24. The van der Waals surface area contributed by atoms with E-state index in [2.05, 4.69) is 72.9 Å². The van der Waals surface area contributed by atoms with Crippen LogP contribution in [0.25, 0.3) is 0 Å². The van der Waals surface area contributed by atoms with Crippen LogP contribution >= 0.6 is 0 Å². The molecule has 176 valence electrons. The lowest BCUT2D eigenvalue weighted by atomic mass is 9.62. The quantitative estimate of drug-likeness (QED) is 0.414. The first-order valence-electron chi connectivity index (χ1n) is 12.4. The van der Waals surface area contributed by atoms with Crippen LogP contribution in [0.2, 0.25) is 0 Å². The summed E-state index contributed by atoms with van der Waals surface area (Å²) in [6.45, 7) is 20.2. The largest absolute Gasteiger partial charge is 0.355 e. The van der Waals surface area contributed by atoms with Crippen molar-refractivity contribution in [2.45, 2.75) is 126 Å². The molecule has 2 N–H and O–H groups in total. The van der Waals surface area contributed by atoms with E-state index in [4.69, 9.17) is 0 Å². The third-order valence-corrected chi connectivity index (χ3v) is 7.72. The van der Waals surface area contributed by atoms with Crippen molar-refractivity contribution in [3.63, 3.8) is 0 Å². The number of hydrogen-bond acceptors (Lipinski definition) is 2. The molecule has 1 aliphatic carbocycles. The Morgan fingerprint density at radius 3 is 1.83 bits per heavy atom. The summed E-state index contributed by atoms with van der Waals surface area (Å²) in [5, 5.41) is 6.69. The topological polar surface area (TPSA) is 58.2 Å². The van der Waals surface area contributed by atoms with Gasteiger partial charge in [-0.2, -0.15) is 0 Å². The molecule has 0 aliphatic heterocycles. The van der Waals surface area contributed by atoms with Crippen LogP contribution in [0, 0.1) is 21.7 Å². The molecule has 0 saturated heterocycles. The molecule has 0 spiro atoms. The van der Waals surface area contributed by atoms with Gasteiger partial charge in [-0.3, -0.25) is 9.59 Å². The van der Waals surface area contributed by atoms with Gasteiger partial charge in [0.05, 0.1) is 0 Å². The lowest BCUT2D eigenvalue weighted by Crippen LogP contribution is -2.53. The molecule has 0 aromatic rings. The molecule has 0 heterocycles. The maximum atomic E-state index is 13.1. The zero-order valence-corrected chi connectivity index (χ0v) is 21.5. The van der Waals surface area contributed by atoms with E-state index in [1.807, 2.05) is 0 Å². The molecule has 1 aliphatic rings. The molecule has 1 fully saturated rings. The monoisotopic (exact) mass is 422 g/mol. The first-order valence-corrected chi connectivity index (χ1v) is 12.4. The van der Waals surface area contributed by atoms with Gasteiger partial charge in [0, 0.05) is 23.4 Å². The molecule has 0 aromatic carbocycles. The third-order valence-electron chi connectivity index (χ3n) is 7.72. The van der Waals surface area contributed by atoms with Crippen molar-refractivity contribution in [3.05, 3.63) is 0 Å². The van der Waals surface area contributed by atoms with E-state index in [0.717, 1.165) is 57.8 Å². The van der Waals surface area contributed by atoms with E-state index in [1.54, 1.807) is 0 Å². The van der Waals surface area contributed by atoms with Gasteiger partial charge >= 0.3 is 0 Å². The molecule has 0 bridgehead atoms. The van der Waals surface area contributed by atoms with E-state index >= 15 is 0 Å². The molecule has 4 heteroatoms. The molecular weight excluding hydrogens is 372 g/mol. The summed E-state index contributed by atoms with van der Waals surface area (Å²) in [5.41, 5.74) is -0.444. The van der Waals surface area contributed by atoms with Gasteiger partial charge in [0.2, 0.25) is 11.8 Å². The summed E-state index contributed by atoms with van der Waals surface area (Å²) in [4.78, 5) is 26.1. The number of hydrogen-bond donors (Lipinski definition) is 2. The van der Waals surface area contributed by atoms with Gasteiger partial charge in [0.25, 0.3) is 0 Å². The average Bonchev–Trinajstić information content (AvgIpc) is 2.64. The lowest BCUT2D eigenvalue weighted by Gasteiger charge is -2.47. The highest BCUT2D eigenvalue weighted by Gasteiger charge is 2.43. The van der Waals surface area contributed by atoms with Crippen LogP contribution in [-0.4, -0.2) is 24.4 Å². The van der Waals surface area contributed by atoms with Crippen molar-refractivity contribution in [3.8, 4) is 0 Å². The second-order valence-electron chi connectivity index (χ2n) is 11.7. The van der Waals surface area contributed by atoms with Crippen LogP contribution in [0.5, 0.6) is 0 Å². The summed E-state index contributed by atoms with van der Waals surface area (Å²) >= 11 is 0. The number of rotatable bonds is 11. The van der Waals surface area contributed by atoms with E-state index in [9.17, 15) is 9.59 Å². The van der Waals surface area contributed by atoms with Crippen LogP contribution in [-0.2, 0) is 9.59 Å². The average molecular weight is 423 g/mol. The normalized spacial score (nSPS) is 27.6. The van der Waals surface area contributed by atoms with E-state index in [-0.39, 0.29) is 39.5 Å². The van der Waals surface area contributed by atoms with Crippen molar-refractivity contribution < 1.29 is 9.59 Å². The van der Waals surface area contributed by atoms with Crippen molar-refractivity contribution >= 4 is 11.8 Å². The maximum Gasteiger partial charge on any atom is 0.226 e. The van der Waals surface area contributed by atoms with Crippen LogP contribution in [0.3, 0.4) is 0 Å². The Balaban J connectivity index is 2.88. The summed E-state index contributed by atoms with van der Waals surface area (Å²) in [6, 6.07) is 0.166. The second kappa shape index (κ2) is 10.5. The number of amides is 2. The van der Waals surface area contributed by atoms with Gasteiger partial charge in [-0.1, -0.05) is 75.2 Å². The number of nitrogens with one attached hydrogen (secondary N) is 2. The van der Waals surface area contributed by atoms with E-state index < -0.39 is 0 Å². The Labute approximate surface area is 186 Å². The van der Waals surface area contributed by atoms with Gasteiger partial charge < -0.3 is 10.6 Å². The fourth-order valence-corrected chi connectivity index (χ4v) is 5.74. The van der Waals surface area contributed by atoms with E-state index in [1.165, 1.54) is 0 Å². The zero-order valence-electron chi connectivity index (χ0n) is 21.5. The fourth-order valence-electron chi connectivity index (χ4n) is 5.74. The first-order chi connectivity index (χ1) is 13.8. The van der Waals surface area contributed by atoms with Gasteiger partial charge in [0.15, 0.2) is 0 Å². The van der Waals surface area contributed by atoms with Crippen molar-refractivity contribution in [1.82, 2.24) is 10.6 Å². The summed E-state index contributed by atoms with van der Waals surface area (Å²) in [6.07, 6.45) is 8.58. The van der Waals surface area contributed by atoms with Gasteiger partial charge in [-0.15, -0.1) is 0 Å². The van der Waals surface area contributed by atoms with Gasteiger partial charge in [0.1, 0.15) is 0 Å². The minimum absolute atomic E-state index is 0.0103. The molecular formula is C26H50N2O2. The Morgan fingerprint density at radius 1 is 0.867 bits per heavy atom. The lowest BCUT2D eigenvalue weighted by molar-refractivity contribution is -0.134. The maximum absolute atomic E-state index is 13.1. The van der Waals surface area contributed by atoms with Crippen LogP contribution < -0.4 is 10.6 Å². The fraction of sp³-hybridized carbons (Fsp3) is 0.923. The zero-order chi connectivity index (χ0) is 23.2. The van der Waals surface area contributed by atoms with E-state index in [0.29, 0.717) is 6.54 Å². The number of carbonyl (C=O) groups is 2. The molecule has 4 nitrogen and oxygen atoms in total. The summed E-state index contributed by atoms with van der Waals surface area (Å²) in [7, 11) is 0.